The topological polar surface area (TPSA) is 72.2 Å². The van der Waals surface area contributed by atoms with E-state index in [1.165, 1.54) is 6.42 Å². The molecule has 1 aliphatic carbocycles. The molecular formula is C15H24N2O2S. The second kappa shape index (κ2) is 6.04. The molecule has 20 heavy (non-hydrogen) atoms. The van der Waals surface area contributed by atoms with Crippen LogP contribution in [0.2, 0.25) is 0 Å². The number of hydrogen-bond acceptors (Lipinski definition) is 3. The van der Waals surface area contributed by atoms with Crippen LogP contribution in [-0.4, -0.2) is 14.2 Å². The standard InChI is InChI=1S/C15H24N2O2S/c1-11-8-14(16)9-12(2)15(11)17-20(18,19)10-13-6-4-3-5-7-13/h8-9,13,17H,3-7,10,16H2,1-2H3. The highest BCUT2D eigenvalue weighted by molar-refractivity contribution is 7.92. The fourth-order valence-electron chi connectivity index (χ4n) is 3.02. The highest BCUT2D eigenvalue weighted by Gasteiger charge is 2.22. The molecule has 0 amide bonds. The molecule has 2 rings (SSSR count). The van der Waals surface area contributed by atoms with Gasteiger partial charge in [-0.2, -0.15) is 0 Å². The third kappa shape index (κ3) is 3.88. The predicted octanol–water partition coefficient (Wildman–Crippen LogP) is 3.21. The maximum absolute atomic E-state index is 12.3. The van der Waals surface area contributed by atoms with Crippen LogP contribution in [0.5, 0.6) is 0 Å². The van der Waals surface area contributed by atoms with Gasteiger partial charge in [-0.3, -0.25) is 4.72 Å². The normalized spacial score (nSPS) is 17.1. The van der Waals surface area contributed by atoms with Crippen molar-refractivity contribution in [3.05, 3.63) is 23.3 Å². The molecule has 1 fully saturated rings. The minimum Gasteiger partial charge on any atom is -0.399 e. The summed E-state index contributed by atoms with van der Waals surface area (Å²) in [5.41, 5.74) is 8.84. The lowest BCUT2D eigenvalue weighted by Gasteiger charge is -2.22. The summed E-state index contributed by atoms with van der Waals surface area (Å²) >= 11 is 0. The van der Waals surface area contributed by atoms with Gasteiger partial charge in [0.2, 0.25) is 10.0 Å². The van der Waals surface area contributed by atoms with Crippen LogP contribution in [0.1, 0.15) is 43.2 Å². The summed E-state index contributed by atoms with van der Waals surface area (Å²) < 4.78 is 27.4. The number of hydrogen-bond donors (Lipinski definition) is 2. The van der Waals surface area contributed by atoms with E-state index in [2.05, 4.69) is 4.72 Å². The molecule has 0 aliphatic heterocycles. The molecule has 0 bridgehead atoms. The van der Waals surface area contributed by atoms with Crippen molar-refractivity contribution in [2.75, 3.05) is 16.2 Å². The number of nitrogens with two attached hydrogens (primary N) is 1. The van der Waals surface area contributed by atoms with Crippen molar-refractivity contribution in [1.82, 2.24) is 0 Å². The Kier molecular flexibility index (Phi) is 4.58. The molecule has 0 unspecified atom stereocenters. The Hall–Kier alpha value is -1.23. The first kappa shape index (κ1) is 15.2. The van der Waals surface area contributed by atoms with Crippen LogP contribution >= 0.6 is 0 Å². The van der Waals surface area contributed by atoms with Crippen molar-refractivity contribution >= 4 is 21.4 Å². The van der Waals surface area contributed by atoms with Crippen LogP contribution < -0.4 is 10.5 Å². The van der Waals surface area contributed by atoms with E-state index >= 15 is 0 Å². The summed E-state index contributed by atoms with van der Waals surface area (Å²) in [5.74, 6) is 0.534. The average Bonchev–Trinajstić information content (AvgIpc) is 2.34. The maximum Gasteiger partial charge on any atom is 0.233 e. The van der Waals surface area contributed by atoms with Crippen LogP contribution in [0.15, 0.2) is 12.1 Å². The highest BCUT2D eigenvalue weighted by atomic mass is 32.2. The second-order valence-corrected chi connectivity index (χ2v) is 7.68. The SMILES string of the molecule is Cc1cc(N)cc(C)c1NS(=O)(=O)CC1CCCCC1. The number of benzene rings is 1. The molecular weight excluding hydrogens is 272 g/mol. The fraction of sp³-hybridized carbons (Fsp3) is 0.600. The van der Waals surface area contributed by atoms with Gasteiger partial charge in [0.05, 0.1) is 11.4 Å². The second-order valence-electron chi connectivity index (χ2n) is 5.92. The van der Waals surface area contributed by atoms with Gasteiger partial charge in [-0.1, -0.05) is 19.3 Å². The van der Waals surface area contributed by atoms with E-state index in [0.29, 0.717) is 17.3 Å². The van der Waals surface area contributed by atoms with Gasteiger partial charge in [0, 0.05) is 5.69 Å². The third-order valence-electron chi connectivity index (χ3n) is 3.99. The number of sulfonamides is 1. The Bertz CT molecular complexity index is 553. The van der Waals surface area contributed by atoms with Crippen molar-refractivity contribution in [3.63, 3.8) is 0 Å². The first-order valence-corrected chi connectivity index (χ1v) is 8.90. The molecule has 3 N–H and O–H groups in total. The summed E-state index contributed by atoms with van der Waals surface area (Å²) in [6.07, 6.45) is 5.60. The zero-order valence-corrected chi connectivity index (χ0v) is 13.1. The molecule has 0 aromatic heterocycles. The Morgan fingerprint density at radius 1 is 1.15 bits per heavy atom. The summed E-state index contributed by atoms with van der Waals surface area (Å²) in [6, 6.07) is 3.59. The monoisotopic (exact) mass is 296 g/mol. The van der Waals surface area contributed by atoms with Gasteiger partial charge in [0.15, 0.2) is 0 Å². The molecule has 5 heteroatoms. The van der Waals surface area contributed by atoms with Crippen molar-refractivity contribution in [2.45, 2.75) is 46.0 Å². The fourth-order valence-corrected chi connectivity index (χ4v) is 4.69. The molecule has 0 atom stereocenters. The van der Waals surface area contributed by atoms with Gasteiger partial charge in [-0.25, -0.2) is 8.42 Å². The molecule has 1 saturated carbocycles. The Morgan fingerprint density at radius 3 is 2.25 bits per heavy atom. The van der Waals surface area contributed by atoms with Gasteiger partial charge in [0.1, 0.15) is 0 Å². The van der Waals surface area contributed by atoms with Crippen LogP contribution in [0.3, 0.4) is 0 Å². The molecule has 0 spiro atoms. The zero-order chi connectivity index (χ0) is 14.8. The Morgan fingerprint density at radius 2 is 1.70 bits per heavy atom. The van der Waals surface area contributed by atoms with Gasteiger partial charge in [-0.05, 0) is 55.9 Å². The Labute approximate surface area is 121 Å². The molecule has 1 aromatic rings. The lowest BCUT2D eigenvalue weighted by Crippen LogP contribution is -2.25. The minimum atomic E-state index is -3.28. The zero-order valence-electron chi connectivity index (χ0n) is 12.3. The van der Waals surface area contributed by atoms with E-state index in [0.717, 1.165) is 36.8 Å². The number of aryl methyl sites for hydroxylation is 2. The minimum absolute atomic E-state index is 0.232. The van der Waals surface area contributed by atoms with Crippen LogP contribution in [0, 0.1) is 19.8 Å². The predicted molar refractivity (Wildman–Crippen MR) is 84.3 cm³/mol. The molecule has 4 nitrogen and oxygen atoms in total. The van der Waals surface area contributed by atoms with Crippen molar-refractivity contribution in [3.8, 4) is 0 Å². The third-order valence-corrected chi connectivity index (χ3v) is 5.42. The highest BCUT2D eigenvalue weighted by Crippen LogP contribution is 2.28. The van der Waals surface area contributed by atoms with Crippen LogP contribution in [0.4, 0.5) is 11.4 Å². The maximum atomic E-state index is 12.3. The summed E-state index contributed by atoms with van der Waals surface area (Å²) in [7, 11) is -3.28. The van der Waals surface area contributed by atoms with E-state index in [4.69, 9.17) is 5.73 Å². The average molecular weight is 296 g/mol. The first-order chi connectivity index (χ1) is 9.37. The van der Waals surface area contributed by atoms with E-state index < -0.39 is 10.0 Å². The van der Waals surface area contributed by atoms with E-state index in [-0.39, 0.29) is 5.75 Å². The lowest BCUT2D eigenvalue weighted by molar-refractivity contribution is 0.385. The summed E-state index contributed by atoms with van der Waals surface area (Å²) in [6.45, 7) is 3.75. The number of nitrogens with one attached hydrogen (secondary N) is 1. The number of rotatable bonds is 4. The quantitative estimate of drug-likeness (QED) is 0.838. The molecule has 0 heterocycles. The number of anilines is 2. The van der Waals surface area contributed by atoms with Gasteiger partial charge >= 0.3 is 0 Å². The van der Waals surface area contributed by atoms with E-state index in [1.54, 1.807) is 12.1 Å². The molecule has 0 saturated heterocycles. The van der Waals surface area contributed by atoms with Gasteiger partial charge < -0.3 is 5.73 Å². The van der Waals surface area contributed by atoms with Crippen LogP contribution in [-0.2, 0) is 10.0 Å². The van der Waals surface area contributed by atoms with Gasteiger partial charge in [-0.15, -0.1) is 0 Å². The van der Waals surface area contributed by atoms with E-state index in [9.17, 15) is 8.42 Å². The van der Waals surface area contributed by atoms with Crippen molar-refractivity contribution < 1.29 is 8.42 Å². The number of nitrogen functional groups attached to an aromatic ring is 1. The first-order valence-electron chi connectivity index (χ1n) is 7.24. The molecule has 0 radical (unpaired) electrons. The molecule has 1 aliphatic rings. The van der Waals surface area contributed by atoms with E-state index in [1.807, 2.05) is 13.8 Å². The molecule has 1 aromatic carbocycles. The molecule has 112 valence electrons. The van der Waals surface area contributed by atoms with Crippen LogP contribution in [0.25, 0.3) is 0 Å². The summed E-state index contributed by atoms with van der Waals surface area (Å²) in [4.78, 5) is 0. The largest absolute Gasteiger partial charge is 0.399 e. The smallest absolute Gasteiger partial charge is 0.233 e. The van der Waals surface area contributed by atoms with Crippen molar-refractivity contribution in [2.24, 2.45) is 5.92 Å². The van der Waals surface area contributed by atoms with Crippen molar-refractivity contribution in [1.29, 1.82) is 0 Å². The summed E-state index contributed by atoms with van der Waals surface area (Å²) in [5, 5.41) is 0. The lowest BCUT2D eigenvalue weighted by atomic mass is 9.91. The Balaban J connectivity index is 2.11. The van der Waals surface area contributed by atoms with Gasteiger partial charge in [0.25, 0.3) is 0 Å².